The predicted octanol–water partition coefficient (Wildman–Crippen LogP) is 2.37. The molecule has 0 amide bonds. The van der Waals surface area contributed by atoms with Crippen molar-refractivity contribution in [2.24, 2.45) is 0 Å². The minimum Gasteiger partial charge on any atom is -0.305 e. The Labute approximate surface area is 113 Å². The quantitative estimate of drug-likeness (QED) is 0.943. The molecule has 0 aliphatic heterocycles. The number of hydrogen-bond donors (Lipinski definition) is 1. The number of rotatable bonds is 4. The van der Waals surface area contributed by atoms with Crippen LogP contribution in [0.4, 0.5) is 0 Å². The maximum Gasteiger partial charge on any atom is 0.265 e. The van der Waals surface area contributed by atoms with Gasteiger partial charge in [-0.15, -0.1) is 0 Å². The van der Waals surface area contributed by atoms with Crippen molar-refractivity contribution in [1.29, 1.82) is 0 Å². The van der Waals surface area contributed by atoms with Crippen molar-refractivity contribution in [1.82, 2.24) is 19.7 Å². The Morgan fingerprint density at radius 1 is 1.44 bits per heavy atom. The molecule has 2 heterocycles. The number of H-pyrrole nitrogens is 1. The van der Waals surface area contributed by atoms with Crippen molar-refractivity contribution >= 4 is 15.9 Å². The molecule has 0 saturated carbocycles. The van der Waals surface area contributed by atoms with Crippen LogP contribution in [0.2, 0.25) is 0 Å². The molecule has 0 aliphatic rings. The molecule has 2 aromatic heterocycles. The van der Waals surface area contributed by atoms with Gasteiger partial charge in [0.25, 0.3) is 5.56 Å². The van der Waals surface area contributed by atoms with Crippen LogP contribution in [-0.4, -0.2) is 19.7 Å². The smallest absolute Gasteiger partial charge is 0.265 e. The lowest BCUT2D eigenvalue weighted by atomic mass is 10.2. The first-order chi connectivity index (χ1) is 8.65. The van der Waals surface area contributed by atoms with Gasteiger partial charge in [0.1, 0.15) is 10.3 Å². The molecule has 2 rings (SSSR count). The summed E-state index contributed by atoms with van der Waals surface area (Å²) in [5, 5.41) is 4.18. The maximum absolute atomic E-state index is 11.8. The number of aromatic amines is 1. The van der Waals surface area contributed by atoms with E-state index < -0.39 is 0 Å². The van der Waals surface area contributed by atoms with Crippen molar-refractivity contribution in [2.45, 2.75) is 33.2 Å². The molecule has 0 saturated heterocycles. The molecule has 0 atom stereocenters. The average molecular weight is 311 g/mol. The van der Waals surface area contributed by atoms with E-state index in [9.17, 15) is 4.79 Å². The molecule has 6 heteroatoms. The summed E-state index contributed by atoms with van der Waals surface area (Å²) in [7, 11) is 0. The first kappa shape index (κ1) is 13.0. The molecule has 0 radical (unpaired) electrons. The van der Waals surface area contributed by atoms with Crippen LogP contribution in [0.25, 0.3) is 11.4 Å². The van der Waals surface area contributed by atoms with Crippen LogP contribution in [0.15, 0.2) is 21.7 Å². The monoisotopic (exact) mass is 310 g/mol. The lowest BCUT2D eigenvalue weighted by Gasteiger charge is -2.04. The molecule has 96 valence electrons. The highest BCUT2D eigenvalue weighted by Crippen LogP contribution is 2.17. The second kappa shape index (κ2) is 5.48. The van der Waals surface area contributed by atoms with E-state index in [1.165, 1.54) is 0 Å². The highest BCUT2D eigenvalue weighted by Gasteiger charge is 2.10. The van der Waals surface area contributed by atoms with Gasteiger partial charge in [0.2, 0.25) is 0 Å². The van der Waals surface area contributed by atoms with Crippen molar-refractivity contribution in [2.75, 3.05) is 0 Å². The highest BCUT2D eigenvalue weighted by molar-refractivity contribution is 9.10. The second-order valence-corrected chi connectivity index (χ2v) is 4.80. The molecule has 0 unspecified atom stereocenters. The molecule has 0 aromatic carbocycles. The van der Waals surface area contributed by atoms with Crippen molar-refractivity contribution in [3.8, 4) is 11.4 Å². The second-order valence-electron chi connectivity index (χ2n) is 4.01. The van der Waals surface area contributed by atoms with E-state index in [0.717, 1.165) is 30.6 Å². The highest BCUT2D eigenvalue weighted by atomic mass is 79.9. The molecule has 5 nitrogen and oxygen atoms in total. The van der Waals surface area contributed by atoms with Gasteiger partial charge in [-0.2, -0.15) is 5.10 Å². The summed E-state index contributed by atoms with van der Waals surface area (Å²) in [6, 6.07) is 0. The third-order valence-corrected chi connectivity index (χ3v) is 3.47. The Bertz CT molecular complexity index is 602. The number of nitrogens with one attached hydrogen (secondary N) is 1. The number of aromatic nitrogens is 4. The van der Waals surface area contributed by atoms with Gasteiger partial charge in [0.15, 0.2) is 0 Å². The Morgan fingerprint density at radius 3 is 2.83 bits per heavy atom. The third-order valence-electron chi connectivity index (χ3n) is 2.65. The van der Waals surface area contributed by atoms with Gasteiger partial charge < -0.3 is 4.98 Å². The van der Waals surface area contributed by atoms with E-state index in [1.54, 1.807) is 10.9 Å². The van der Waals surface area contributed by atoms with Gasteiger partial charge in [-0.05, 0) is 29.3 Å². The lowest BCUT2D eigenvalue weighted by Crippen LogP contribution is -2.13. The molecule has 1 N–H and O–H groups in total. The summed E-state index contributed by atoms with van der Waals surface area (Å²) < 4.78 is 2.33. The predicted molar refractivity (Wildman–Crippen MR) is 73.4 cm³/mol. The molecule has 18 heavy (non-hydrogen) atoms. The Morgan fingerprint density at radius 2 is 2.22 bits per heavy atom. The standard InChI is InChI=1S/C12H15BrN4O/c1-3-5-9-10(13)12(18)16-11(15-9)8-6-14-17(4-2)7-8/h6-7H,3-5H2,1-2H3,(H,15,16,18). The summed E-state index contributed by atoms with van der Waals surface area (Å²) in [5.41, 5.74) is 1.48. The Kier molecular flexibility index (Phi) is 3.96. The average Bonchev–Trinajstić information content (AvgIpc) is 2.83. The van der Waals surface area contributed by atoms with Crippen molar-refractivity contribution < 1.29 is 0 Å². The number of halogens is 1. The molecule has 0 aliphatic carbocycles. The number of nitrogens with zero attached hydrogens (tertiary/aromatic N) is 3. The zero-order valence-corrected chi connectivity index (χ0v) is 12.0. The van der Waals surface area contributed by atoms with Gasteiger partial charge in [0, 0.05) is 12.7 Å². The lowest BCUT2D eigenvalue weighted by molar-refractivity contribution is 0.660. The van der Waals surface area contributed by atoms with E-state index in [2.05, 4.69) is 37.9 Å². The van der Waals surface area contributed by atoms with E-state index >= 15 is 0 Å². The van der Waals surface area contributed by atoms with Gasteiger partial charge in [-0.25, -0.2) is 4.98 Å². The van der Waals surface area contributed by atoms with Crippen LogP contribution in [0.3, 0.4) is 0 Å². The van der Waals surface area contributed by atoms with Crippen molar-refractivity contribution in [3.63, 3.8) is 0 Å². The largest absolute Gasteiger partial charge is 0.305 e. The first-order valence-electron chi connectivity index (χ1n) is 5.97. The summed E-state index contributed by atoms with van der Waals surface area (Å²) in [4.78, 5) is 19.1. The minimum atomic E-state index is -0.146. The fraction of sp³-hybridized carbons (Fsp3) is 0.417. The Balaban J connectivity index is 2.48. The number of hydrogen-bond acceptors (Lipinski definition) is 3. The van der Waals surface area contributed by atoms with Crippen LogP contribution in [0, 0.1) is 0 Å². The zero-order valence-electron chi connectivity index (χ0n) is 10.4. The van der Waals surface area contributed by atoms with Crippen LogP contribution in [0.1, 0.15) is 26.0 Å². The fourth-order valence-corrected chi connectivity index (χ4v) is 2.09. The van der Waals surface area contributed by atoms with E-state index in [4.69, 9.17) is 0 Å². The van der Waals surface area contributed by atoms with E-state index in [-0.39, 0.29) is 5.56 Å². The SMILES string of the molecule is CCCc1nc(-c2cnn(CC)c2)[nH]c(=O)c1Br. The molecule has 0 fully saturated rings. The summed E-state index contributed by atoms with van der Waals surface area (Å²) in [6.07, 6.45) is 5.31. The van der Waals surface area contributed by atoms with Crippen LogP contribution in [-0.2, 0) is 13.0 Å². The molecule has 0 spiro atoms. The topological polar surface area (TPSA) is 63.6 Å². The first-order valence-corrected chi connectivity index (χ1v) is 6.76. The fourth-order valence-electron chi connectivity index (χ4n) is 1.70. The van der Waals surface area contributed by atoms with Crippen LogP contribution >= 0.6 is 15.9 Å². The van der Waals surface area contributed by atoms with Gasteiger partial charge >= 0.3 is 0 Å². The molecular weight excluding hydrogens is 296 g/mol. The van der Waals surface area contributed by atoms with Gasteiger partial charge in [0.05, 0.1) is 17.5 Å². The maximum atomic E-state index is 11.8. The van der Waals surface area contributed by atoms with Gasteiger partial charge in [-0.3, -0.25) is 9.48 Å². The van der Waals surface area contributed by atoms with Gasteiger partial charge in [-0.1, -0.05) is 13.3 Å². The molecular formula is C12H15BrN4O. The zero-order chi connectivity index (χ0) is 13.1. The Hall–Kier alpha value is -1.43. The van der Waals surface area contributed by atoms with E-state index in [0.29, 0.717) is 10.3 Å². The van der Waals surface area contributed by atoms with Crippen LogP contribution < -0.4 is 5.56 Å². The van der Waals surface area contributed by atoms with Crippen LogP contribution in [0.5, 0.6) is 0 Å². The summed E-state index contributed by atoms with van der Waals surface area (Å²) in [6.45, 7) is 4.86. The molecule has 2 aromatic rings. The third kappa shape index (κ3) is 2.53. The molecule has 0 bridgehead atoms. The van der Waals surface area contributed by atoms with E-state index in [1.807, 2.05) is 13.1 Å². The number of aryl methyl sites for hydroxylation is 2. The normalized spacial score (nSPS) is 10.8. The summed E-state index contributed by atoms with van der Waals surface area (Å²) in [5.74, 6) is 0.575. The van der Waals surface area contributed by atoms with Crippen molar-refractivity contribution in [3.05, 3.63) is 32.9 Å². The summed E-state index contributed by atoms with van der Waals surface area (Å²) >= 11 is 3.28. The minimum absolute atomic E-state index is 0.146.